The molecule has 1 spiro atoms. The van der Waals surface area contributed by atoms with Crippen LogP contribution in [0.15, 0.2) is 48.5 Å². The molecular formula is C19H14F2N4O4. The first-order chi connectivity index (χ1) is 13.9. The van der Waals surface area contributed by atoms with Gasteiger partial charge < -0.3 is 10.6 Å². The molecule has 0 bridgehead atoms. The van der Waals surface area contributed by atoms with Crippen LogP contribution in [-0.4, -0.2) is 23.9 Å². The number of hydrogen-bond acceptors (Lipinski definition) is 4. The summed E-state index contributed by atoms with van der Waals surface area (Å²) in [5, 5.41) is 8.72. The molecule has 4 rings (SSSR count). The first-order valence-corrected chi connectivity index (χ1v) is 8.58. The van der Waals surface area contributed by atoms with Crippen molar-refractivity contribution in [1.29, 1.82) is 0 Å². The van der Waals surface area contributed by atoms with Gasteiger partial charge in [-0.05, 0) is 12.1 Å². The molecule has 2 atom stereocenters. The molecule has 0 radical (unpaired) electrons. The van der Waals surface area contributed by atoms with E-state index in [0.717, 1.165) is 12.1 Å². The molecule has 0 unspecified atom stereocenters. The Morgan fingerprint density at radius 1 is 0.655 bits per heavy atom. The lowest BCUT2D eigenvalue weighted by molar-refractivity contribution is -0.150. The summed E-state index contributed by atoms with van der Waals surface area (Å²) in [5.74, 6) is -3.77. The third-order valence-electron chi connectivity index (χ3n) is 5.10. The van der Waals surface area contributed by atoms with Gasteiger partial charge in [-0.15, -0.1) is 0 Å². The van der Waals surface area contributed by atoms with Gasteiger partial charge in [-0.25, -0.2) is 18.4 Å². The largest absolute Gasteiger partial charge is 0.329 e. The lowest BCUT2D eigenvalue weighted by Gasteiger charge is -2.48. The van der Waals surface area contributed by atoms with Gasteiger partial charge in [-0.1, -0.05) is 36.4 Å². The van der Waals surface area contributed by atoms with Crippen LogP contribution in [0.25, 0.3) is 0 Å². The summed E-state index contributed by atoms with van der Waals surface area (Å²) in [6.45, 7) is 0. The first-order valence-electron chi connectivity index (χ1n) is 8.58. The fourth-order valence-corrected chi connectivity index (χ4v) is 3.83. The Hall–Kier alpha value is -3.82. The molecule has 29 heavy (non-hydrogen) atoms. The maximum atomic E-state index is 14.6. The molecule has 2 heterocycles. The van der Waals surface area contributed by atoms with E-state index < -0.39 is 53.0 Å². The topological polar surface area (TPSA) is 116 Å². The highest BCUT2D eigenvalue weighted by molar-refractivity contribution is 6.21. The number of nitrogens with one attached hydrogen (secondary N) is 4. The molecule has 4 N–H and O–H groups in total. The molecule has 2 aliphatic heterocycles. The number of imide groups is 2. The number of benzene rings is 2. The van der Waals surface area contributed by atoms with Gasteiger partial charge in [0.25, 0.3) is 0 Å². The molecule has 2 aliphatic rings. The van der Waals surface area contributed by atoms with Crippen molar-refractivity contribution in [2.24, 2.45) is 5.41 Å². The Balaban J connectivity index is 2.00. The van der Waals surface area contributed by atoms with E-state index in [4.69, 9.17) is 0 Å². The number of urea groups is 2. The van der Waals surface area contributed by atoms with Crippen LogP contribution in [-0.2, 0) is 9.59 Å². The monoisotopic (exact) mass is 400 g/mol. The van der Waals surface area contributed by atoms with Crippen LogP contribution in [0.5, 0.6) is 0 Å². The van der Waals surface area contributed by atoms with Gasteiger partial charge in [-0.3, -0.25) is 20.2 Å². The summed E-state index contributed by atoms with van der Waals surface area (Å²) in [7, 11) is 0. The standard InChI is InChI=1S/C19H14F2N4O4/c20-11-7-3-1-5-9(11)13-19(15(26)24-18(29)25-16(19)27)14(23-17(28)22-13)10-6-2-4-8-12(10)21/h1-8,13-14H,(H2,22,23,28)(H2,24,25,26,27,29)/t13-,14+. The predicted molar refractivity (Wildman–Crippen MR) is 94.1 cm³/mol. The van der Waals surface area contributed by atoms with Crippen molar-refractivity contribution < 1.29 is 28.0 Å². The summed E-state index contributed by atoms with van der Waals surface area (Å²) < 4.78 is 29.2. The highest BCUT2D eigenvalue weighted by Gasteiger charge is 2.65. The molecule has 10 heteroatoms. The average Bonchev–Trinajstić information content (AvgIpc) is 2.67. The van der Waals surface area contributed by atoms with Gasteiger partial charge >= 0.3 is 12.1 Å². The maximum absolute atomic E-state index is 14.6. The fourth-order valence-electron chi connectivity index (χ4n) is 3.83. The van der Waals surface area contributed by atoms with Gasteiger partial charge in [-0.2, -0.15) is 0 Å². The molecule has 2 aromatic carbocycles. The van der Waals surface area contributed by atoms with E-state index in [1.807, 2.05) is 10.6 Å². The molecule has 0 aliphatic carbocycles. The molecule has 6 amide bonds. The van der Waals surface area contributed by atoms with Crippen LogP contribution < -0.4 is 21.3 Å². The zero-order valence-corrected chi connectivity index (χ0v) is 14.7. The van der Waals surface area contributed by atoms with Crippen LogP contribution >= 0.6 is 0 Å². The Morgan fingerprint density at radius 3 is 1.48 bits per heavy atom. The van der Waals surface area contributed by atoms with Crippen molar-refractivity contribution in [2.45, 2.75) is 12.1 Å². The van der Waals surface area contributed by atoms with Crippen molar-refractivity contribution in [2.75, 3.05) is 0 Å². The van der Waals surface area contributed by atoms with E-state index in [1.165, 1.54) is 36.4 Å². The van der Waals surface area contributed by atoms with Crippen molar-refractivity contribution in [3.05, 3.63) is 71.3 Å². The van der Waals surface area contributed by atoms with Crippen molar-refractivity contribution >= 4 is 23.9 Å². The molecule has 2 fully saturated rings. The van der Waals surface area contributed by atoms with Crippen LogP contribution in [0, 0.1) is 17.0 Å². The fraction of sp³-hybridized carbons (Fsp3) is 0.158. The minimum absolute atomic E-state index is 0.164. The van der Waals surface area contributed by atoms with Crippen molar-refractivity contribution in [1.82, 2.24) is 21.3 Å². The Bertz CT molecular complexity index is 979. The molecule has 0 saturated carbocycles. The molecule has 2 saturated heterocycles. The summed E-state index contributed by atoms with van der Waals surface area (Å²) in [5.41, 5.74) is -2.61. The van der Waals surface area contributed by atoms with Gasteiger partial charge in [0.15, 0.2) is 5.41 Å². The number of rotatable bonds is 2. The molecule has 0 aromatic heterocycles. The second-order valence-corrected chi connectivity index (χ2v) is 6.63. The highest BCUT2D eigenvalue weighted by atomic mass is 19.1. The Labute approximate surface area is 162 Å². The predicted octanol–water partition coefficient (Wildman–Crippen LogP) is 1.41. The van der Waals surface area contributed by atoms with E-state index in [2.05, 4.69) is 10.6 Å². The summed E-state index contributed by atoms with van der Waals surface area (Å²) >= 11 is 0. The number of halogens is 2. The third kappa shape index (κ3) is 2.72. The van der Waals surface area contributed by atoms with Crippen LogP contribution in [0.3, 0.4) is 0 Å². The van der Waals surface area contributed by atoms with Gasteiger partial charge in [0, 0.05) is 11.1 Å². The van der Waals surface area contributed by atoms with Crippen LogP contribution in [0.4, 0.5) is 18.4 Å². The second kappa shape index (κ2) is 6.66. The summed E-state index contributed by atoms with van der Waals surface area (Å²) in [6, 6.07) is 5.55. The smallest absolute Gasteiger partial charge is 0.328 e. The summed E-state index contributed by atoms with van der Waals surface area (Å²) in [6.07, 6.45) is 0. The SMILES string of the molecule is O=C1NC(=O)C2(C(=O)N1)[C@@H](c1ccccc1F)NC(=O)N[C@H]2c1ccccc1F. The molecule has 148 valence electrons. The zero-order chi connectivity index (χ0) is 20.8. The van der Waals surface area contributed by atoms with Crippen LogP contribution in [0.1, 0.15) is 23.2 Å². The highest BCUT2D eigenvalue weighted by Crippen LogP contribution is 2.49. The lowest BCUT2D eigenvalue weighted by Crippen LogP contribution is -2.73. The Kier molecular flexibility index (Phi) is 4.26. The van der Waals surface area contributed by atoms with Crippen LogP contribution in [0.2, 0.25) is 0 Å². The number of carbonyl (C=O) groups excluding carboxylic acids is 4. The minimum Gasteiger partial charge on any atom is -0.329 e. The third-order valence-corrected chi connectivity index (χ3v) is 5.10. The van der Waals surface area contributed by atoms with E-state index in [-0.39, 0.29) is 11.1 Å². The van der Waals surface area contributed by atoms with Crippen molar-refractivity contribution in [3.63, 3.8) is 0 Å². The molecule has 8 nitrogen and oxygen atoms in total. The molecular weight excluding hydrogens is 386 g/mol. The second-order valence-electron chi connectivity index (χ2n) is 6.63. The van der Waals surface area contributed by atoms with E-state index >= 15 is 0 Å². The van der Waals surface area contributed by atoms with Crippen molar-refractivity contribution in [3.8, 4) is 0 Å². The zero-order valence-electron chi connectivity index (χ0n) is 14.7. The number of hydrogen-bond donors (Lipinski definition) is 4. The van der Waals surface area contributed by atoms with Gasteiger partial charge in [0.1, 0.15) is 11.6 Å². The summed E-state index contributed by atoms with van der Waals surface area (Å²) in [4.78, 5) is 50.2. The number of amides is 6. The average molecular weight is 400 g/mol. The van der Waals surface area contributed by atoms with Gasteiger partial charge in [0.05, 0.1) is 12.1 Å². The van der Waals surface area contributed by atoms with E-state index in [1.54, 1.807) is 0 Å². The quantitative estimate of drug-likeness (QED) is 0.571. The maximum Gasteiger partial charge on any atom is 0.328 e. The first kappa shape index (κ1) is 18.5. The number of carbonyl (C=O) groups is 4. The van der Waals surface area contributed by atoms with Gasteiger partial charge in [0.2, 0.25) is 11.8 Å². The minimum atomic E-state index is -2.29. The molecule has 2 aromatic rings. The normalized spacial score (nSPS) is 23.1. The van der Waals surface area contributed by atoms with E-state index in [0.29, 0.717) is 0 Å². The lowest BCUT2D eigenvalue weighted by atomic mass is 9.65. The van der Waals surface area contributed by atoms with E-state index in [9.17, 15) is 28.0 Å². The Morgan fingerprint density at radius 2 is 1.07 bits per heavy atom. The number of barbiturate groups is 1.